The van der Waals surface area contributed by atoms with Crippen molar-refractivity contribution in [1.82, 2.24) is 14.9 Å². The molecule has 9 nitrogen and oxygen atoms in total. The van der Waals surface area contributed by atoms with Crippen molar-refractivity contribution >= 4 is 28.8 Å². The van der Waals surface area contributed by atoms with E-state index in [9.17, 15) is 14.9 Å². The molecule has 1 aromatic heterocycles. The molecule has 1 saturated heterocycles. The predicted octanol–water partition coefficient (Wildman–Crippen LogP) is 3.71. The second-order valence-electron chi connectivity index (χ2n) is 7.67. The zero-order valence-electron chi connectivity index (χ0n) is 18.0. The smallest absolute Gasteiger partial charge is 0.293 e. The Hall–Kier alpha value is -4.01. The molecule has 0 saturated carbocycles. The fraction of sp³-hybridized carbons (Fsp3) is 0.261. The predicted molar refractivity (Wildman–Crippen MR) is 122 cm³/mol. The van der Waals surface area contributed by atoms with Gasteiger partial charge in [-0.15, -0.1) is 0 Å². The van der Waals surface area contributed by atoms with Crippen LogP contribution in [0.2, 0.25) is 0 Å². The third-order valence-electron chi connectivity index (χ3n) is 5.34. The first-order valence-corrected chi connectivity index (χ1v) is 10.4. The van der Waals surface area contributed by atoms with Crippen LogP contribution in [0.3, 0.4) is 0 Å². The minimum absolute atomic E-state index is 0.134. The number of nitro groups is 1. The largest absolute Gasteiger partial charge is 0.353 e. The Morgan fingerprint density at radius 1 is 1.00 bits per heavy atom. The van der Waals surface area contributed by atoms with Crippen molar-refractivity contribution in [2.45, 2.75) is 13.8 Å². The monoisotopic (exact) mass is 432 g/mol. The van der Waals surface area contributed by atoms with Crippen LogP contribution >= 0.6 is 0 Å². The molecule has 1 N–H and O–H groups in total. The summed E-state index contributed by atoms with van der Waals surface area (Å²) in [4.78, 5) is 36.8. The van der Waals surface area contributed by atoms with Gasteiger partial charge in [-0.1, -0.05) is 18.2 Å². The molecular weight excluding hydrogens is 408 g/mol. The van der Waals surface area contributed by atoms with E-state index in [2.05, 4.69) is 20.2 Å². The van der Waals surface area contributed by atoms with Gasteiger partial charge >= 0.3 is 0 Å². The number of benzene rings is 2. The molecule has 1 amide bonds. The molecule has 3 aromatic rings. The third-order valence-corrected chi connectivity index (χ3v) is 5.34. The van der Waals surface area contributed by atoms with Crippen molar-refractivity contribution in [3.63, 3.8) is 0 Å². The topological polar surface area (TPSA) is 104 Å². The third kappa shape index (κ3) is 4.66. The number of nitrogens with zero attached hydrogens (tertiary/aromatic N) is 5. The summed E-state index contributed by atoms with van der Waals surface area (Å²) in [5, 5.41) is 14.7. The maximum absolute atomic E-state index is 13.0. The molecule has 0 radical (unpaired) electrons. The van der Waals surface area contributed by atoms with E-state index in [1.807, 2.05) is 50.2 Å². The second kappa shape index (κ2) is 9.01. The van der Waals surface area contributed by atoms with Crippen LogP contribution in [0.4, 0.5) is 22.9 Å². The molecule has 1 aliphatic rings. The minimum Gasteiger partial charge on any atom is -0.353 e. The average molecular weight is 432 g/mol. The van der Waals surface area contributed by atoms with E-state index < -0.39 is 4.92 Å². The van der Waals surface area contributed by atoms with E-state index >= 15 is 0 Å². The number of piperazine rings is 1. The molecule has 2 heterocycles. The van der Waals surface area contributed by atoms with Crippen molar-refractivity contribution in [3.8, 4) is 0 Å². The number of hydrogen-bond acceptors (Lipinski definition) is 7. The van der Waals surface area contributed by atoms with Crippen molar-refractivity contribution in [1.29, 1.82) is 0 Å². The lowest BCUT2D eigenvalue weighted by molar-refractivity contribution is -0.383. The molecule has 1 aliphatic heterocycles. The first kappa shape index (κ1) is 21.2. The molecule has 0 aliphatic carbocycles. The lowest BCUT2D eigenvalue weighted by atomic mass is 10.1. The van der Waals surface area contributed by atoms with Crippen molar-refractivity contribution in [3.05, 3.63) is 81.8 Å². The van der Waals surface area contributed by atoms with Crippen LogP contribution in [-0.2, 0) is 0 Å². The maximum Gasteiger partial charge on any atom is 0.293 e. The highest BCUT2D eigenvalue weighted by Crippen LogP contribution is 2.29. The van der Waals surface area contributed by atoms with Crippen LogP contribution in [0.1, 0.15) is 21.9 Å². The number of nitro benzene ring substituents is 1. The SMILES string of the molecule is Cc1cc(N2CCN(C(=O)c3ccc(Nc4ccccc4)c([N+](=O)[O-])c3)CC2)nc(C)n1. The highest BCUT2D eigenvalue weighted by Gasteiger charge is 2.25. The first-order valence-electron chi connectivity index (χ1n) is 10.4. The van der Waals surface area contributed by atoms with Gasteiger partial charge in [0.1, 0.15) is 17.3 Å². The summed E-state index contributed by atoms with van der Waals surface area (Å²) in [5.41, 5.74) is 2.16. The van der Waals surface area contributed by atoms with Gasteiger partial charge < -0.3 is 15.1 Å². The first-order chi connectivity index (χ1) is 15.4. The van der Waals surface area contributed by atoms with E-state index in [0.29, 0.717) is 37.4 Å². The van der Waals surface area contributed by atoms with E-state index in [0.717, 1.165) is 23.0 Å². The molecule has 0 spiro atoms. The zero-order chi connectivity index (χ0) is 22.7. The molecule has 0 bridgehead atoms. The van der Waals surface area contributed by atoms with Gasteiger partial charge in [-0.05, 0) is 38.1 Å². The van der Waals surface area contributed by atoms with Gasteiger partial charge in [-0.2, -0.15) is 0 Å². The van der Waals surface area contributed by atoms with E-state index in [-0.39, 0.29) is 11.6 Å². The molecule has 164 valence electrons. The number of carbonyl (C=O) groups excluding carboxylic acids is 1. The van der Waals surface area contributed by atoms with Crippen LogP contribution in [0, 0.1) is 24.0 Å². The molecule has 1 fully saturated rings. The van der Waals surface area contributed by atoms with Crippen LogP contribution in [0.25, 0.3) is 0 Å². The molecule has 0 atom stereocenters. The van der Waals surface area contributed by atoms with Gasteiger partial charge in [-0.3, -0.25) is 14.9 Å². The van der Waals surface area contributed by atoms with Crippen LogP contribution in [0.5, 0.6) is 0 Å². The van der Waals surface area contributed by atoms with E-state index in [1.54, 1.807) is 17.0 Å². The normalized spacial score (nSPS) is 13.7. The van der Waals surface area contributed by atoms with E-state index in [1.165, 1.54) is 6.07 Å². The number of rotatable bonds is 5. The Morgan fingerprint density at radius 3 is 2.38 bits per heavy atom. The quantitative estimate of drug-likeness (QED) is 0.484. The van der Waals surface area contributed by atoms with Gasteiger partial charge in [-0.25, -0.2) is 9.97 Å². The van der Waals surface area contributed by atoms with Gasteiger partial charge in [0.2, 0.25) is 0 Å². The second-order valence-corrected chi connectivity index (χ2v) is 7.67. The van der Waals surface area contributed by atoms with Gasteiger partial charge in [0, 0.05) is 55.3 Å². The minimum atomic E-state index is -0.472. The molecule has 2 aromatic carbocycles. The van der Waals surface area contributed by atoms with Crippen molar-refractivity contribution < 1.29 is 9.72 Å². The number of aryl methyl sites for hydroxylation is 2. The molecule has 4 rings (SSSR count). The summed E-state index contributed by atoms with van der Waals surface area (Å²) in [6.45, 7) is 6.09. The van der Waals surface area contributed by atoms with Gasteiger partial charge in [0.05, 0.1) is 4.92 Å². The number of para-hydroxylation sites is 1. The lowest BCUT2D eigenvalue weighted by Gasteiger charge is -2.35. The number of aromatic nitrogens is 2. The average Bonchev–Trinajstić information content (AvgIpc) is 2.79. The van der Waals surface area contributed by atoms with Gasteiger partial charge in [0.15, 0.2) is 0 Å². The zero-order valence-corrected chi connectivity index (χ0v) is 18.0. The Bertz CT molecular complexity index is 1120. The summed E-state index contributed by atoms with van der Waals surface area (Å²) in [6.07, 6.45) is 0. The number of amides is 1. The summed E-state index contributed by atoms with van der Waals surface area (Å²) < 4.78 is 0. The van der Waals surface area contributed by atoms with E-state index in [4.69, 9.17) is 0 Å². The van der Waals surface area contributed by atoms with Crippen LogP contribution in [-0.4, -0.2) is 51.9 Å². The fourth-order valence-electron chi connectivity index (χ4n) is 3.78. The molecule has 0 unspecified atom stereocenters. The fourth-order valence-corrected chi connectivity index (χ4v) is 3.78. The van der Waals surface area contributed by atoms with Gasteiger partial charge in [0.25, 0.3) is 11.6 Å². The summed E-state index contributed by atoms with van der Waals surface area (Å²) in [5.74, 6) is 1.36. The molecular formula is C23H24N6O3. The number of nitrogens with one attached hydrogen (secondary N) is 1. The Balaban J connectivity index is 1.47. The summed E-state index contributed by atoms with van der Waals surface area (Å²) in [7, 11) is 0. The highest BCUT2D eigenvalue weighted by atomic mass is 16.6. The Morgan fingerprint density at radius 2 is 1.72 bits per heavy atom. The van der Waals surface area contributed by atoms with Crippen molar-refractivity contribution in [2.75, 3.05) is 36.4 Å². The highest BCUT2D eigenvalue weighted by molar-refractivity contribution is 5.96. The lowest BCUT2D eigenvalue weighted by Crippen LogP contribution is -2.49. The summed E-state index contributed by atoms with van der Waals surface area (Å²) >= 11 is 0. The standard InChI is InChI=1S/C23H24N6O3/c1-16-14-22(25-17(2)24-16)27-10-12-28(13-11-27)23(30)18-8-9-20(21(15-18)29(31)32)26-19-6-4-3-5-7-19/h3-9,14-15,26H,10-13H2,1-2H3. The Labute approximate surface area is 185 Å². The molecule has 9 heteroatoms. The number of hydrogen-bond donors (Lipinski definition) is 1. The number of carbonyl (C=O) groups is 1. The maximum atomic E-state index is 13.0. The van der Waals surface area contributed by atoms with Crippen LogP contribution in [0.15, 0.2) is 54.6 Å². The van der Waals surface area contributed by atoms with Crippen molar-refractivity contribution in [2.24, 2.45) is 0 Å². The number of anilines is 3. The molecule has 32 heavy (non-hydrogen) atoms. The Kier molecular flexibility index (Phi) is 5.98. The van der Waals surface area contributed by atoms with Crippen LogP contribution < -0.4 is 10.2 Å². The summed E-state index contributed by atoms with van der Waals surface area (Å²) in [6, 6.07) is 15.7.